The van der Waals surface area contributed by atoms with Gasteiger partial charge in [-0.1, -0.05) is 0 Å². The predicted molar refractivity (Wildman–Crippen MR) is 109 cm³/mol. The predicted octanol–water partition coefficient (Wildman–Crippen LogP) is 3.55. The third-order valence-corrected chi connectivity index (χ3v) is 5.12. The number of piperidine rings is 1. The number of aromatic nitrogens is 1. The van der Waals surface area contributed by atoms with Crippen molar-refractivity contribution < 1.29 is 4.39 Å². The summed E-state index contributed by atoms with van der Waals surface area (Å²) in [5.74, 6) is 2.02. The molecule has 0 spiro atoms. The molecular formula is C19H25Cl2FN4. The Morgan fingerprint density at radius 1 is 1.12 bits per heavy atom. The third kappa shape index (κ3) is 4.12. The summed E-state index contributed by atoms with van der Waals surface area (Å²) < 4.78 is 13.2. The molecule has 1 aromatic heterocycles. The minimum atomic E-state index is -0.463. The van der Waals surface area contributed by atoms with Crippen LogP contribution in [0, 0.1) is 17.7 Å². The second kappa shape index (κ2) is 7.69. The van der Waals surface area contributed by atoms with E-state index in [1.54, 1.807) is 12.1 Å². The molecule has 0 amide bonds. The average molecular weight is 399 g/mol. The van der Waals surface area contributed by atoms with Gasteiger partial charge in [-0.2, -0.15) is 0 Å². The Morgan fingerprint density at radius 2 is 1.73 bits per heavy atom. The van der Waals surface area contributed by atoms with E-state index in [0.717, 1.165) is 35.7 Å². The zero-order valence-corrected chi connectivity index (χ0v) is 16.5. The SMILES string of the molecule is CC(C)(N)c1cc(NC2[C@H]3CNC[C@@H]23)nc(-c2ccc(F)cc2)c1.Cl.Cl. The van der Waals surface area contributed by atoms with Gasteiger partial charge in [-0.3, -0.25) is 0 Å². The highest BCUT2D eigenvalue weighted by atomic mass is 35.5. The number of anilines is 1. The number of nitrogens with zero attached hydrogens (tertiary/aromatic N) is 1. The fraction of sp³-hybridized carbons (Fsp3) is 0.421. The lowest BCUT2D eigenvalue weighted by Crippen LogP contribution is -2.29. The Kier molecular flexibility index (Phi) is 6.18. The van der Waals surface area contributed by atoms with E-state index in [1.165, 1.54) is 12.1 Å². The number of hydrogen-bond donors (Lipinski definition) is 3. The summed E-state index contributed by atoms with van der Waals surface area (Å²) in [7, 11) is 0. The molecule has 1 aliphatic heterocycles. The van der Waals surface area contributed by atoms with Gasteiger partial charge >= 0.3 is 0 Å². The molecule has 1 aromatic carbocycles. The fourth-order valence-corrected chi connectivity index (χ4v) is 3.55. The van der Waals surface area contributed by atoms with Crippen LogP contribution in [-0.2, 0) is 5.54 Å². The van der Waals surface area contributed by atoms with E-state index in [4.69, 9.17) is 10.7 Å². The quantitative estimate of drug-likeness (QED) is 0.736. The summed E-state index contributed by atoms with van der Waals surface area (Å²) in [4.78, 5) is 4.74. The third-order valence-electron chi connectivity index (χ3n) is 5.12. The molecule has 2 fully saturated rings. The molecule has 4 N–H and O–H groups in total. The van der Waals surface area contributed by atoms with Crippen molar-refractivity contribution in [2.45, 2.75) is 25.4 Å². The van der Waals surface area contributed by atoms with Crippen LogP contribution in [0.3, 0.4) is 0 Å². The summed E-state index contributed by atoms with van der Waals surface area (Å²) in [6.07, 6.45) is 0. The highest BCUT2D eigenvalue weighted by Crippen LogP contribution is 2.43. The monoisotopic (exact) mass is 398 g/mol. The van der Waals surface area contributed by atoms with Crippen molar-refractivity contribution in [3.8, 4) is 11.3 Å². The highest BCUT2D eigenvalue weighted by Gasteiger charge is 2.53. The van der Waals surface area contributed by atoms with Crippen molar-refractivity contribution >= 4 is 30.6 Å². The van der Waals surface area contributed by atoms with Gasteiger partial charge in [-0.15, -0.1) is 24.8 Å². The molecule has 2 heterocycles. The summed E-state index contributed by atoms with van der Waals surface area (Å²) in [5.41, 5.74) is 8.57. The number of nitrogens with two attached hydrogens (primary N) is 1. The Balaban J connectivity index is 0.00000121. The minimum Gasteiger partial charge on any atom is -0.367 e. The van der Waals surface area contributed by atoms with E-state index in [-0.39, 0.29) is 30.6 Å². The topological polar surface area (TPSA) is 63.0 Å². The largest absolute Gasteiger partial charge is 0.367 e. The van der Waals surface area contributed by atoms with Crippen LogP contribution in [0.25, 0.3) is 11.3 Å². The molecule has 0 radical (unpaired) electrons. The van der Waals surface area contributed by atoms with E-state index < -0.39 is 5.54 Å². The summed E-state index contributed by atoms with van der Waals surface area (Å²) in [6.45, 7) is 6.12. The number of rotatable bonds is 4. The first-order valence-corrected chi connectivity index (χ1v) is 8.46. The van der Waals surface area contributed by atoms with Gasteiger partial charge in [-0.25, -0.2) is 9.37 Å². The first kappa shape index (κ1) is 20.9. The maximum absolute atomic E-state index is 13.2. The molecule has 1 saturated carbocycles. The van der Waals surface area contributed by atoms with E-state index in [0.29, 0.717) is 17.9 Å². The van der Waals surface area contributed by atoms with Crippen LogP contribution in [0.4, 0.5) is 10.2 Å². The number of benzene rings is 1. The van der Waals surface area contributed by atoms with Gasteiger partial charge < -0.3 is 16.4 Å². The normalized spacial score (nSPS) is 23.5. The Morgan fingerprint density at radius 3 is 2.31 bits per heavy atom. The molecule has 1 unspecified atom stereocenters. The van der Waals surface area contributed by atoms with Gasteiger partial charge in [0.2, 0.25) is 0 Å². The molecule has 2 aliphatic rings. The maximum atomic E-state index is 13.2. The van der Waals surface area contributed by atoms with E-state index in [9.17, 15) is 4.39 Å². The molecule has 3 atom stereocenters. The van der Waals surface area contributed by atoms with Gasteiger partial charge in [0.25, 0.3) is 0 Å². The maximum Gasteiger partial charge on any atom is 0.127 e. The van der Waals surface area contributed by atoms with Crippen molar-refractivity contribution in [3.05, 3.63) is 47.8 Å². The minimum absolute atomic E-state index is 0. The average Bonchev–Trinajstić information content (AvgIpc) is 2.95. The van der Waals surface area contributed by atoms with Crippen LogP contribution in [0.5, 0.6) is 0 Å². The van der Waals surface area contributed by atoms with Gasteiger partial charge in [0.15, 0.2) is 0 Å². The Labute approximate surface area is 166 Å². The zero-order valence-electron chi connectivity index (χ0n) is 14.8. The summed E-state index contributed by atoms with van der Waals surface area (Å²) >= 11 is 0. The molecule has 2 aromatic rings. The van der Waals surface area contributed by atoms with Crippen molar-refractivity contribution in [1.82, 2.24) is 10.3 Å². The molecule has 1 saturated heterocycles. The van der Waals surface area contributed by atoms with Crippen LogP contribution >= 0.6 is 24.8 Å². The van der Waals surface area contributed by atoms with E-state index in [2.05, 4.69) is 10.6 Å². The number of fused-ring (bicyclic) bond motifs is 1. The molecular weight excluding hydrogens is 374 g/mol. The second-order valence-electron chi connectivity index (χ2n) is 7.51. The molecule has 26 heavy (non-hydrogen) atoms. The summed E-state index contributed by atoms with van der Waals surface area (Å²) in [6, 6.07) is 11.0. The number of nitrogens with one attached hydrogen (secondary N) is 2. The molecule has 4 nitrogen and oxygen atoms in total. The number of pyridine rings is 1. The van der Waals surface area contributed by atoms with Crippen molar-refractivity contribution in [2.24, 2.45) is 17.6 Å². The van der Waals surface area contributed by atoms with Gasteiger partial charge in [0.05, 0.1) is 5.69 Å². The fourth-order valence-electron chi connectivity index (χ4n) is 3.55. The first-order valence-electron chi connectivity index (χ1n) is 8.46. The highest BCUT2D eigenvalue weighted by molar-refractivity contribution is 5.85. The first-order chi connectivity index (χ1) is 11.4. The molecule has 1 aliphatic carbocycles. The lowest BCUT2D eigenvalue weighted by molar-refractivity contribution is 0.554. The lowest BCUT2D eigenvalue weighted by Gasteiger charge is -2.21. The lowest BCUT2D eigenvalue weighted by atomic mass is 9.94. The number of hydrogen-bond acceptors (Lipinski definition) is 4. The van der Waals surface area contributed by atoms with E-state index >= 15 is 0 Å². The van der Waals surface area contributed by atoms with Gasteiger partial charge in [0.1, 0.15) is 11.6 Å². The molecule has 0 bridgehead atoms. The Hall–Kier alpha value is -1.40. The van der Waals surface area contributed by atoms with Crippen LogP contribution < -0.4 is 16.4 Å². The van der Waals surface area contributed by atoms with Crippen LogP contribution in [0.15, 0.2) is 36.4 Å². The van der Waals surface area contributed by atoms with E-state index in [1.807, 2.05) is 26.0 Å². The Bertz CT molecular complexity index is 751. The van der Waals surface area contributed by atoms with Crippen molar-refractivity contribution in [3.63, 3.8) is 0 Å². The molecule has 7 heteroatoms. The molecule has 4 rings (SSSR count). The van der Waals surface area contributed by atoms with Crippen molar-refractivity contribution in [1.29, 1.82) is 0 Å². The number of halogens is 3. The standard InChI is InChI=1S/C19H23FN4.2ClH/c1-19(2,21)12-7-16(11-3-5-13(20)6-4-11)23-17(8-12)24-18-14-9-22-10-15(14)18;;/h3-8,14-15,18,22H,9-10,21H2,1-2H3,(H,23,24);2*1H/t14-,15+,18?;;. The molecule has 142 valence electrons. The van der Waals surface area contributed by atoms with Crippen LogP contribution in [-0.4, -0.2) is 24.1 Å². The van der Waals surface area contributed by atoms with Gasteiger partial charge in [0, 0.05) is 30.2 Å². The van der Waals surface area contributed by atoms with Crippen molar-refractivity contribution in [2.75, 3.05) is 18.4 Å². The smallest absolute Gasteiger partial charge is 0.127 e. The zero-order chi connectivity index (χ0) is 16.9. The van der Waals surface area contributed by atoms with Gasteiger partial charge in [-0.05, 0) is 67.6 Å². The van der Waals surface area contributed by atoms with Crippen LogP contribution in [0.1, 0.15) is 19.4 Å². The second-order valence-corrected chi connectivity index (χ2v) is 7.51. The van der Waals surface area contributed by atoms with Crippen LogP contribution in [0.2, 0.25) is 0 Å². The summed E-state index contributed by atoms with van der Waals surface area (Å²) in [5, 5.41) is 6.97.